The first-order chi connectivity index (χ1) is 10.1. The molecule has 118 valence electrons. The molecule has 0 radical (unpaired) electrons. The van der Waals surface area contributed by atoms with Crippen molar-refractivity contribution in [3.63, 3.8) is 0 Å². The predicted octanol–water partition coefficient (Wildman–Crippen LogP) is 1.88. The van der Waals surface area contributed by atoms with Gasteiger partial charge in [-0.05, 0) is 33.6 Å². The minimum absolute atomic E-state index is 0. The lowest BCUT2D eigenvalue weighted by Crippen LogP contribution is -2.28. The molecule has 6 nitrogen and oxygen atoms in total. The fourth-order valence-electron chi connectivity index (χ4n) is 2.34. The van der Waals surface area contributed by atoms with E-state index in [1.807, 2.05) is 0 Å². The van der Waals surface area contributed by atoms with Crippen LogP contribution in [0.2, 0.25) is 0 Å². The second-order valence-electron chi connectivity index (χ2n) is 4.92. The Kier molecular flexibility index (Phi) is 5.44. The quantitative estimate of drug-likeness (QED) is 0.647. The van der Waals surface area contributed by atoms with E-state index >= 15 is 0 Å². The summed E-state index contributed by atoms with van der Waals surface area (Å²) < 4.78 is 0.607. The number of amides is 1. The SMILES string of the molecule is Cl.O=C(NCc1ccc(O)c(Br)c1)c1n[nH]c2c1CNCC2. The number of nitrogens with one attached hydrogen (secondary N) is 3. The highest BCUT2D eigenvalue weighted by molar-refractivity contribution is 9.10. The molecule has 0 aliphatic carbocycles. The number of hydrogen-bond donors (Lipinski definition) is 4. The van der Waals surface area contributed by atoms with Crippen LogP contribution in [0.1, 0.15) is 27.3 Å². The van der Waals surface area contributed by atoms with E-state index in [1.54, 1.807) is 18.2 Å². The van der Waals surface area contributed by atoms with E-state index in [4.69, 9.17) is 0 Å². The summed E-state index contributed by atoms with van der Waals surface area (Å²) >= 11 is 3.25. The van der Waals surface area contributed by atoms with E-state index < -0.39 is 0 Å². The van der Waals surface area contributed by atoms with Gasteiger partial charge in [-0.15, -0.1) is 12.4 Å². The van der Waals surface area contributed by atoms with Gasteiger partial charge in [0, 0.05) is 37.3 Å². The molecule has 0 spiro atoms. The molecule has 0 fully saturated rings. The van der Waals surface area contributed by atoms with Crippen molar-refractivity contribution in [1.29, 1.82) is 0 Å². The molecule has 0 bridgehead atoms. The number of nitrogens with zero attached hydrogens (tertiary/aromatic N) is 1. The van der Waals surface area contributed by atoms with Gasteiger partial charge in [-0.25, -0.2) is 0 Å². The largest absolute Gasteiger partial charge is 0.507 e. The van der Waals surface area contributed by atoms with Gasteiger partial charge in [0.05, 0.1) is 4.47 Å². The van der Waals surface area contributed by atoms with Gasteiger partial charge in [-0.2, -0.15) is 5.10 Å². The van der Waals surface area contributed by atoms with Gasteiger partial charge in [0.15, 0.2) is 5.69 Å². The average molecular weight is 388 g/mol. The molecule has 0 atom stereocenters. The number of benzene rings is 1. The molecule has 0 saturated heterocycles. The van der Waals surface area contributed by atoms with Gasteiger partial charge >= 0.3 is 0 Å². The minimum atomic E-state index is -0.194. The van der Waals surface area contributed by atoms with Crippen molar-refractivity contribution in [2.45, 2.75) is 19.5 Å². The van der Waals surface area contributed by atoms with E-state index in [2.05, 4.69) is 36.8 Å². The highest BCUT2D eigenvalue weighted by atomic mass is 79.9. The van der Waals surface area contributed by atoms with Gasteiger partial charge in [-0.1, -0.05) is 6.07 Å². The van der Waals surface area contributed by atoms with Crippen LogP contribution >= 0.6 is 28.3 Å². The van der Waals surface area contributed by atoms with Crippen LogP contribution in [0.3, 0.4) is 0 Å². The number of carbonyl (C=O) groups excluding carboxylic acids is 1. The summed E-state index contributed by atoms with van der Waals surface area (Å²) in [7, 11) is 0. The van der Waals surface area contributed by atoms with Crippen molar-refractivity contribution in [3.05, 3.63) is 45.2 Å². The van der Waals surface area contributed by atoms with Gasteiger partial charge in [0.25, 0.3) is 5.91 Å². The molecular weight excluding hydrogens is 372 g/mol. The number of fused-ring (bicyclic) bond motifs is 1. The highest BCUT2D eigenvalue weighted by Crippen LogP contribution is 2.24. The molecule has 1 amide bonds. The van der Waals surface area contributed by atoms with Gasteiger partial charge in [-0.3, -0.25) is 9.89 Å². The number of carbonyl (C=O) groups is 1. The smallest absolute Gasteiger partial charge is 0.272 e. The first kappa shape index (κ1) is 16.8. The Hall–Kier alpha value is -1.57. The molecule has 22 heavy (non-hydrogen) atoms. The van der Waals surface area contributed by atoms with Gasteiger partial charge < -0.3 is 15.7 Å². The van der Waals surface area contributed by atoms with Crippen molar-refractivity contribution >= 4 is 34.2 Å². The number of phenolic OH excluding ortho intramolecular Hbond substituents is 1. The Morgan fingerprint density at radius 1 is 1.45 bits per heavy atom. The molecule has 1 aliphatic rings. The number of H-pyrrole nitrogens is 1. The zero-order chi connectivity index (χ0) is 14.8. The number of aromatic amines is 1. The second-order valence-corrected chi connectivity index (χ2v) is 5.78. The summed E-state index contributed by atoms with van der Waals surface area (Å²) in [6.07, 6.45) is 0.862. The number of halogens is 2. The zero-order valence-corrected chi connectivity index (χ0v) is 14.1. The summed E-state index contributed by atoms with van der Waals surface area (Å²) in [6, 6.07) is 5.13. The molecule has 4 N–H and O–H groups in total. The molecular formula is C14H16BrClN4O2. The molecule has 1 aromatic heterocycles. The zero-order valence-electron chi connectivity index (χ0n) is 11.6. The van der Waals surface area contributed by atoms with Crippen LogP contribution in [0.5, 0.6) is 5.75 Å². The van der Waals surface area contributed by atoms with Crippen molar-refractivity contribution < 1.29 is 9.90 Å². The van der Waals surface area contributed by atoms with Crippen molar-refractivity contribution in [2.24, 2.45) is 0 Å². The second kappa shape index (κ2) is 7.13. The fourth-order valence-corrected chi connectivity index (χ4v) is 2.77. The lowest BCUT2D eigenvalue weighted by atomic mass is 10.1. The van der Waals surface area contributed by atoms with E-state index in [0.717, 1.165) is 29.8 Å². The van der Waals surface area contributed by atoms with Crippen LogP contribution in [0.4, 0.5) is 0 Å². The number of hydrogen-bond acceptors (Lipinski definition) is 4. The Balaban J connectivity index is 0.00000176. The third-order valence-electron chi connectivity index (χ3n) is 3.49. The van der Waals surface area contributed by atoms with E-state index in [9.17, 15) is 9.90 Å². The van der Waals surface area contributed by atoms with E-state index in [0.29, 0.717) is 23.3 Å². The van der Waals surface area contributed by atoms with Crippen molar-refractivity contribution in [3.8, 4) is 5.75 Å². The maximum absolute atomic E-state index is 12.2. The first-order valence-corrected chi connectivity index (χ1v) is 7.47. The molecule has 2 heterocycles. The molecule has 1 aliphatic heterocycles. The monoisotopic (exact) mass is 386 g/mol. The first-order valence-electron chi connectivity index (χ1n) is 6.67. The third kappa shape index (κ3) is 3.43. The fraction of sp³-hybridized carbons (Fsp3) is 0.286. The summed E-state index contributed by atoms with van der Waals surface area (Å²) in [5.74, 6) is -0.0158. The average Bonchev–Trinajstić information content (AvgIpc) is 2.92. The Bertz CT molecular complexity index is 689. The van der Waals surface area contributed by atoms with Crippen molar-refractivity contribution in [2.75, 3.05) is 6.54 Å². The van der Waals surface area contributed by atoms with Crippen LogP contribution in [0, 0.1) is 0 Å². The molecule has 3 rings (SSSR count). The topological polar surface area (TPSA) is 90.0 Å². The number of phenols is 1. The standard InChI is InChI=1S/C14H15BrN4O2.ClH/c15-10-5-8(1-2-12(10)20)6-17-14(21)13-9-7-16-4-3-11(9)18-19-13;/h1-2,5,16,20H,3-4,6-7H2,(H,17,21)(H,18,19);1H. The highest BCUT2D eigenvalue weighted by Gasteiger charge is 2.21. The Morgan fingerprint density at radius 3 is 3.05 bits per heavy atom. The summed E-state index contributed by atoms with van der Waals surface area (Å²) in [5.41, 5.74) is 3.34. The van der Waals surface area contributed by atoms with E-state index in [-0.39, 0.29) is 24.1 Å². The minimum Gasteiger partial charge on any atom is -0.507 e. The molecule has 0 unspecified atom stereocenters. The lowest BCUT2D eigenvalue weighted by molar-refractivity contribution is 0.0944. The Morgan fingerprint density at radius 2 is 2.27 bits per heavy atom. The van der Waals surface area contributed by atoms with Crippen LogP contribution in [0.25, 0.3) is 0 Å². The lowest BCUT2D eigenvalue weighted by Gasteiger charge is -2.13. The molecule has 8 heteroatoms. The maximum atomic E-state index is 12.2. The van der Waals surface area contributed by atoms with Gasteiger partial charge in [0.1, 0.15) is 5.75 Å². The summed E-state index contributed by atoms with van der Waals surface area (Å²) in [6.45, 7) is 1.95. The predicted molar refractivity (Wildman–Crippen MR) is 88.2 cm³/mol. The summed E-state index contributed by atoms with van der Waals surface area (Å²) in [4.78, 5) is 12.2. The molecule has 0 saturated carbocycles. The third-order valence-corrected chi connectivity index (χ3v) is 4.12. The number of aromatic hydroxyl groups is 1. The van der Waals surface area contributed by atoms with Crippen LogP contribution in [0.15, 0.2) is 22.7 Å². The van der Waals surface area contributed by atoms with Crippen molar-refractivity contribution in [1.82, 2.24) is 20.8 Å². The number of aromatic nitrogens is 2. The number of rotatable bonds is 3. The summed E-state index contributed by atoms with van der Waals surface area (Å²) in [5, 5.41) is 22.6. The van der Waals surface area contributed by atoms with E-state index in [1.165, 1.54) is 0 Å². The normalized spacial score (nSPS) is 13.1. The Labute approximate surface area is 142 Å². The molecule has 1 aromatic carbocycles. The van der Waals surface area contributed by atoms with Crippen LogP contribution < -0.4 is 10.6 Å². The maximum Gasteiger partial charge on any atom is 0.272 e. The van der Waals surface area contributed by atoms with Gasteiger partial charge in [0.2, 0.25) is 0 Å². The molecule has 2 aromatic rings. The van der Waals surface area contributed by atoms with Crippen LogP contribution in [-0.4, -0.2) is 27.8 Å². The van der Waals surface area contributed by atoms with Crippen LogP contribution in [-0.2, 0) is 19.5 Å².